The van der Waals surface area contributed by atoms with E-state index in [4.69, 9.17) is 4.74 Å². The second-order valence-electron chi connectivity index (χ2n) is 8.81. The van der Waals surface area contributed by atoms with Crippen LogP contribution in [-0.4, -0.2) is 40.7 Å². The highest BCUT2D eigenvalue weighted by Crippen LogP contribution is 2.33. The van der Waals surface area contributed by atoms with Gasteiger partial charge in [-0.2, -0.15) is 0 Å². The molecular weight excluding hydrogens is 448 g/mol. The summed E-state index contributed by atoms with van der Waals surface area (Å²) in [6, 6.07) is 13.0. The molecule has 3 aromatic rings. The van der Waals surface area contributed by atoms with E-state index in [0.717, 1.165) is 11.3 Å². The number of benzene rings is 2. The molecule has 0 atom stereocenters. The van der Waals surface area contributed by atoms with Crippen LogP contribution in [0.5, 0.6) is 0 Å². The number of hydrogen-bond acceptors (Lipinski definition) is 6. The zero-order valence-corrected chi connectivity index (χ0v) is 20.2. The van der Waals surface area contributed by atoms with Crippen LogP contribution in [0, 0.1) is 5.92 Å². The third kappa shape index (κ3) is 4.99. The third-order valence-electron chi connectivity index (χ3n) is 6.54. The normalized spacial score (nSPS) is 14.2. The van der Waals surface area contributed by atoms with Crippen molar-refractivity contribution >= 4 is 34.3 Å². The van der Waals surface area contributed by atoms with Crippen molar-refractivity contribution in [2.45, 2.75) is 26.2 Å². The highest BCUT2D eigenvalue weighted by molar-refractivity contribution is 5.99. The van der Waals surface area contributed by atoms with Gasteiger partial charge in [-0.25, -0.2) is 0 Å². The van der Waals surface area contributed by atoms with Crippen molar-refractivity contribution in [3.63, 3.8) is 0 Å². The third-order valence-corrected chi connectivity index (χ3v) is 6.54. The van der Waals surface area contributed by atoms with Crippen molar-refractivity contribution in [3.8, 4) is 0 Å². The fourth-order valence-corrected chi connectivity index (χ4v) is 4.56. The van der Waals surface area contributed by atoms with Crippen LogP contribution in [0.15, 0.2) is 52.1 Å². The van der Waals surface area contributed by atoms with Crippen LogP contribution in [0.25, 0.3) is 11.0 Å². The Balaban J connectivity index is 1.71. The number of anilines is 2. The van der Waals surface area contributed by atoms with Crippen molar-refractivity contribution in [2.75, 3.05) is 29.9 Å². The van der Waals surface area contributed by atoms with Gasteiger partial charge in [-0.3, -0.25) is 19.2 Å². The Labute approximate surface area is 202 Å². The quantitative estimate of drug-likeness (QED) is 0.431. The van der Waals surface area contributed by atoms with Gasteiger partial charge in [0, 0.05) is 27.2 Å². The number of rotatable bonds is 6. The average molecular weight is 479 g/mol. The maximum atomic E-state index is 12.9. The molecule has 0 bridgehead atoms. The minimum absolute atomic E-state index is 0.159. The summed E-state index contributed by atoms with van der Waals surface area (Å²) in [5.41, 5.74) is 2.06. The second-order valence-corrected chi connectivity index (χ2v) is 8.81. The number of nitrogens with zero attached hydrogens (tertiary/aromatic N) is 3. The van der Waals surface area contributed by atoms with Crippen LogP contribution in [0.3, 0.4) is 0 Å². The Morgan fingerprint density at radius 1 is 0.971 bits per heavy atom. The molecule has 9 nitrogen and oxygen atoms in total. The van der Waals surface area contributed by atoms with Gasteiger partial charge in [0.2, 0.25) is 5.91 Å². The maximum absolute atomic E-state index is 12.9. The van der Waals surface area contributed by atoms with Gasteiger partial charge in [-0.15, -0.1) is 0 Å². The van der Waals surface area contributed by atoms with E-state index in [9.17, 15) is 19.2 Å². The molecule has 1 aliphatic heterocycles. The van der Waals surface area contributed by atoms with Crippen LogP contribution in [0.2, 0.25) is 0 Å². The van der Waals surface area contributed by atoms with Crippen LogP contribution in [-0.2, 0) is 34.8 Å². The molecule has 0 saturated carbocycles. The summed E-state index contributed by atoms with van der Waals surface area (Å²) in [6.45, 7) is 3.34. The molecule has 1 amide bonds. The molecule has 35 heavy (non-hydrogen) atoms. The molecule has 184 valence electrons. The van der Waals surface area contributed by atoms with Gasteiger partial charge in [0.05, 0.1) is 41.4 Å². The number of nitrogens with one attached hydrogen (secondary N) is 1. The fourth-order valence-electron chi connectivity index (χ4n) is 4.56. The molecule has 9 heteroatoms. The molecule has 1 aromatic heterocycles. The summed E-state index contributed by atoms with van der Waals surface area (Å²) in [7, 11) is 3.11. The molecule has 0 radical (unpaired) electrons. The van der Waals surface area contributed by atoms with E-state index in [-0.39, 0.29) is 24.2 Å². The van der Waals surface area contributed by atoms with Crippen LogP contribution in [0.4, 0.5) is 11.4 Å². The van der Waals surface area contributed by atoms with E-state index in [0.29, 0.717) is 49.3 Å². The number of fused-ring (bicyclic) bond motifs is 1. The molecule has 0 unspecified atom stereocenters. The summed E-state index contributed by atoms with van der Waals surface area (Å²) >= 11 is 0. The standard InChI is InChI=1S/C26H30N4O5/c1-4-35-26(34)18-10-12-30(13-11-18)20-16-22-21(28(2)24(32)25(33)29(22)3)15-19(20)27-23(31)14-17-8-6-5-7-9-17/h5-9,15-16,18H,4,10-14H2,1-3H3,(H,27,31). The Kier molecular flexibility index (Phi) is 7.04. The van der Waals surface area contributed by atoms with E-state index in [1.807, 2.05) is 36.4 Å². The monoisotopic (exact) mass is 478 g/mol. The predicted octanol–water partition coefficient (Wildman–Crippen LogP) is 2.20. The molecule has 1 saturated heterocycles. The Morgan fingerprint density at radius 3 is 2.17 bits per heavy atom. The SMILES string of the molecule is CCOC(=O)C1CCN(c2cc3c(cc2NC(=O)Cc2ccccc2)n(C)c(=O)c(=O)n3C)CC1. The fraction of sp³-hybridized carbons (Fsp3) is 0.385. The van der Waals surface area contributed by atoms with Gasteiger partial charge in [-0.05, 0) is 37.5 Å². The van der Waals surface area contributed by atoms with Crippen LogP contribution in [0.1, 0.15) is 25.3 Å². The van der Waals surface area contributed by atoms with Gasteiger partial charge in [0.1, 0.15) is 0 Å². The lowest BCUT2D eigenvalue weighted by atomic mass is 9.96. The highest BCUT2D eigenvalue weighted by atomic mass is 16.5. The van der Waals surface area contributed by atoms with Gasteiger partial charge in [-0.1, -0.05) is 30.3 Å². The van der Waals surface area contributed by atoms with Crippen molar-refractivity contribution < 1.29 is 14.3 Å². The van der Waals surface area contributed by atoms with E-state index in [1.165, 1.54) is 9.13 Å². The van der Waals surface area contributed by atoms with Crippen LogP contribution >= 0.6 is 0 Å². The topological polar surface area (TPSA) is 103 Å². The maximum Gasteiger partial charge on any atom is 0.316 e. The van der Waals surface area contributed by atoms with E-state index < -0.39 is 11.1 Å². The molecule has 1 fully saturated rings. The predicted molar refractivity (Wildman–Crippen MR) is 135 cm³/mol. The smallest absolute Gasteiger partial charge is 0.316 e. The summed E-state index contributed by atoms with van der Waals surface area (Å²) in [4.78, 5) is 52.0. The lowest BCUT2D eigenvalue weighted by Gasteiger charge is -2.34. The lowest BCUT2D eigenvalue weighted by Crippen LogP contribution is -2.40. The van der Waals surface area contributed by atoms with Crippen molar-refractivity contribution in [2.24, 2.45) is 20.0 Å². The number of aromatic nitrogens is 2. The first-order chi connectivity index (χ1) is 16.8. The summed E-state index contributed by atoms with van der Waals surface area (Å²) in [6.07, 6.45) is 1.45. The summed E-state index contributed by atoms with van der Waals surface area (Å²) < 4.78 is 7.82. The molecule has 1 N–H and O–H groups in total. The number of esters is 1. The molecular formula is C26H30N4O5. The minimum Gasteiger partial charge on any atom is -0.466 e. The Bertz CT molecular complexity index is 1370. The van der Waals surface area contributed by atoms with Gasteiger partial charge in [0.25, 0.3) is 0 Å². The molecule has 1 aliphatic rings. The zero-order chi connectivity index (χ0) is 25.1. The van der Waals surface area contributed by atoms with Crippen molar-refractivity contribution in [1.82, 2.24) is 9.13 Å². The van der Waals surface area contributed by atoms with E-state index in [2.05, 4.69) is 10.2 Å². The number of aryl methyl sites for hydroxylation is 2. The molecule has 2 aromatic carbocycles. The molecule has 2 heterocycles. The van der Waals surface area contributed by atoms with Crippen molar-refractivity contribution in [1.29, 1.82) is 0 Å². The van der Waals surface area contributed by atoms with Crippen LogP contribution < -0.4 is 21.3 Å². The largest absolute Gasteiger partial charge is 0.466 e. The van der Waals surface area contributed by atoms with Crippen molar-refractivity contribution in [3.05, 3.63) is 68.7 Å². The number of carbonyl (C=O) groups is 2. The zero-order valence-electron chi connectivity index (χ0n) is 20.2. The summed E-state index contributed by atoms with van der Waals surface area (Å²) in [5, 5.41) is 3.01. The Morgan fingerprint density at radius 2 is 1.57 bits per heavy atom. The lowest BCUT2D eigenvalue weighted by molar-refractivity contribution is -0.148. The Hall–Kier alpha value is -3.88. The highest BCUT2D eigenvalue weighted by Gasteiger charge is 2.28. The van der Waals surface area contributed by atoms with E-state index >= 15 is 0 Å². The average Bonchev–Trinajstić information content (AvgIpc) is 2.86. The number of hydrogen-bond donors (Lipinski definition) is 1. The number of ether oxygens (including phenoxy) is 1. The first-order valence-corrected chi connectivity index (χ1v) is 11.8. The molecule has 0 spiro atoms. The minimum atomic E-state index is -0.635. The van der Waals surface area contributed by atoms with E-state index in [1.54, 1.807) is 27.1 Å². The second kappa shape index (κ2) is 10.2. The van der Waals surface area contributed by atoms with Gasteiger partial charge >= 0.3 is 17.1 Å². The first-order valence-electron chi connectivity index (χ1n) is 11.8. The number of carbonyl (C=O) groups excluding carboxylic acids is 2. The van der Waals surface area contributed by atoms with Gasteiger partial charge in [0.15, 0.2) is 0 Å². The van der Waals surface area contributed by atoms with Gasteiger partial charge < -0.3 is 24.1 Å². The summed E-state index contributed by atoms with van der Waals surface area (Å²) in [5.74, 6) is -0.527. The first kappa shape index (κ1) is 24.3. The number of piperidine rings is 1. The molecule has 0 aliphatic carbocycles. The molecule has 4 rings (SSSR count). The number of amides is 1.